The summed E-state index contributed by atoms with van der Waals surface area (Å²) in [7, 11) is 0. The van der Waals surface area contributed by atoms with Crippen LogP contribution >= 0.6 is 0 Å². The molecule has 1 aromatic carbocycles. The number of nitrogens with zero attached hydrogens (tertiary/aromatic N) is 3. The summed E-state index contributed by atoms with van der Waals surface area (Å²) in [5, 5.41) is 11.2. The average molecular weight is 540 g/mol. The average Bonchev–Trinajstić information content (AvgIpc) is 3.57. The molecule has 13 heteroatoms. The highest BCUT2D eigenvalue weighted by Crippen LogP contribution is 2.40. The predicted molar refractivity (Wildman–Crippen MR) is 125 cm³/mol. The molecule has 0 unspecified atom stereocenters. The van der Waals surface area contributed by atoms with E-state index in [1.807, 2.05) is 5.32 Å². The number of fused-ring (bicyclic) bond motifs is 1. The molecule has 5 rings (SSSR count). The van der Waals surface area contributed by atoms with Gasteiger partial charge in [-0.2, -0.15) is 13.2 Å². The number of rotatable bonds is 6. The van der Waals surface area contributed by atoms with Crippen LogP contribution in [0.5, 0.6) is 0 Å². The molecule has 0 radical (unpaired) electrons. The Morgan fingerprint density at radius 1 is 1.13 bits per heavy atom. The minimum atomic E-state index is -4.77. The van der Waals surface area contributed by atoms with Crippen LogP contribution in [0.2, 0.25) is 0 Å². The molecule has 3 heterocycles. The first-order valence-corrected chi connectivity index (χ1v) is 12.0. The zero-order valence-electron chi connectivity index (χ0n) is 19.7. The number of halogens is 6. The highest BCUT2D eigenvalue weighted by atomic mass is 19.4. The highest BCUT2D eigenvalue weighted by molar-refractivity contribution is 5.97. The second-order valence-electron chi connectivity index (χ2n) is 9.50. The minimum absolute atomic E-state index is 0.186. The Morgan fingerprint density at radius 2 is 1.82 bits per heavy atom. The fourth-order valence-electron chi connectivity index (χ4n) is 4.89. The van der Waals surface area contributed by atoms with E-state index in [1.165, 1.54) is 12.1 Å². The van der Waals surface area contributed by atoms with Gasteiger partial charge in [0.1, 0.15) is 28.9 Å². The van der Waals surface area contributed by atoms with Crippen LogP contribution in [-0.4, -0.2) is 52.0 Å². The van der Waals surface area contributed by atoms with Crippen LogP contribution in [0.1, 0.15) is 36.0 Å². The lowest BCUT2D eigenvalue weighted by Gasteiger charge is -2.25. The van der Waals surface area contributed by atoms with Gasteiger partial charge in [-0.25, -0.2) is 18.2 Å². The summed E-state index contributed by atoms with van der Waals surface area (Å²) in [6, 6.07) is 0.975. The van der Waals surface area contributed by atoms with Crippen LogP contribution in [0.15, 0.2) is 35.3 Å². The number of hydrogen-bond donors (Lipinski definition) is 2. The van der Waals surface area contributed by atoms with E-state index in [4.69, 9.17) is 0 Å². The third-order valence-electron chi connectivity index (χ3n) is 6.92. The van der Waals surface area contributed by atoms with Crippen molar-refractivity contribution in [2.75, 3.05) is 18.1 Å². The first-order valence-electron chi connectivity index (χ1n) is 12.0. The van der Waals surface area contributed by atoms with Crippen LogP contribution in [0.3, 0.4) is 0 Å². The van der Waals surface area contributed by atoms with E-state index in [2.05, 4.69) is 4.98 Å². The van der Waals surface area contributed by atoms with E-state index >= 15 is 0 Å². The van der Waals surface area contributed by atoms with Crippen LogP contribution < -0.4 is 15.6 Å². The summed E-state index contributed by atoms with van der Waals surface area (Å²) in [5.41, 5.74) is -2.96. The second-order valence-corrected chi connectivity index (χ2v) is 9.50. The molecule has 7 nitrogen and oxygen atoms in total. The molecule has 1 amide bonds. The van der Waals surface area contributed by atoms with Gasteiger partial charge in [0.15, 0.2) is 17.3 Å². The molecular formula is C25H22F6N4O3. The van der Waals surface area contributed by atoms with Crippen molar-refractivity contribution in [3.63, 3.8) is 0 Å². The molecule has 0 bridgehead atoms. The van der Waals surface area contributed by atoms with E-state index in [9.17, 15) is 41.0 Å². The number of amides is 1. The molecule has 38 heavy (non-hydrogen) atoms. The predicted octanol–water partition coefficient (Wildman–Crippen LogP) is 3.83. The van der Waals surface area contributed by atoms with Crippen molar-refractivity contribution in [3.8, 4) is 5.69 Å². The molecule has 1 saturated carbocycles. The molecule has 2 aliphatic rings. The smallest absolute Gasteiger partial charge is 0.394 e. The largest absolute Gasteiger partial charge is 0.408 e. The van der Waals surface area contributed by atoms with Gasteiger partial charge in [-0.05, 0) is 43.7 Å². The Labute approximate surface area is 211 Å². The van der Waals surface area contributed by atoms with Gasteiger partial charge >= 0.3 is 6.18 Å². The second kappa shape index (κ2) is 9.61. The van der Waals surface area contributed by atoms with Crippen molar-refractivity contribution in [1.82, 2.24) is 14.9 Å². The van der Waals surface area contributed by atoms with E-state index in [0.29, 0.717) is 31.3 Å². The maximum Gasteiger partial charge on any atom is 0.408 e. The summed E-state index contributed by atoms with van der Waals surface area (Å²) >= 11 is 0. The summed E-state index contributed by atoms with van der Waals surface area (Å²) in [4.78, 5) is 32.3. The standard InChI is InChI=1S/C25H22F6N4O3/c26-13-8-17(27)20(18(28)9-13)35-10-16(24(38)33-22(12-3-4-12)25(29,30)31)21(37)15-5-6-19(32-23(15)35)34-7-1-2-14(34)11-36/h5-6,8-10,12,14,22,36H,1-4,7,11H2,(H,33,38)/t14-,22-/m0/s1. The topological polar surface area (TPSA) is 87.5 Å². The Balaban J connectivity index is 1.70. The number of alkyl halides is 3. The van der Waals surface area contributed by atoms with Crippen LogP contribution in [0, 0.1) is 23.4 Å². The van der Waals surface area contributed by atoms with Gasteiger partial charge in [0.25, 0.3) is 5.91 Å². The monoisotopic (exact) mass is 540 g/mol. The minimum Gasteiger partial charge on any atom is -0.394 e. The molecule has 1 saturated heterocycles. The SMILES string of the molecule is O=C(N[C@@H](C1CC1)C(F)(F)F)c1cn(-c2c(F)cc(F)cc2F)c2nc(N3CCC[C@H]3CO)ccc2c1=O. The van der Waals surface area contributed by atoms with Crippen molar-refractivity contribution >= 4 is 22.8 Å². The van der Waals surface area contributed by atoms with Crippen LogP contribution in [0.4, 0.5) is 32.2 Å². The molecular weight excluding hydrogens is 518 g/mol. The van der Waals surface area contributed by atoms with E-state index in [-0.39, 0.29) is 42.3 Å². The number of anilines is 1. The van der Waals surface area contributed by atoms with Crippen molar-refractivity contribution in [2.45, 2.75) is 43.9 Å². The maximum atomic E-state index is 14.9. The summed E-state index contributed by atoms with van der Waals surface area (Å²) in [5.74, 6) is -5.92. The van der Waals surface area contributed by atoms with E-state index in [0.717, 1.165) is 11.0 Å². The number of carbonyl (C=O) groups is 1. The van der Waals surface area contributed by atoms with Gasteiger partial charge in [-0.15, -0.1) is 0 Å². The molecule has 202 valence electrons. The quantitative estimate of drug-likeness (QED) is 0.465. The van der Waals surface area contributed by atoms with Crippen molar-refractivity contribution in [1.29, 1.82) is 0 Å². The molecule has 2 N–H and O–H groups in total. The molecule has 2 atom stereocenters. The van der Waals surface area contributed by atoms with Gasteiger partial charge in [0, 0.05) is 24.9 Å². The van der Waals surface area contributed by atoms with Crippen LogP contribution in [-0.2, 0) is 0 Å². The fourth-order valence-corrected chi connectivity index (χ4v) is 4.89. The third kappa shape index (κ3) is 4.70. The first kappa shape index (κ1) is 26.0. The van der Waals surface area contributed by atoms with E-state index in [1.54, 1.807) is 4.90 Å². The summed E-state index contributed by atoms with van der Waals surface area (Å²) in [6.45, 7) is 0.321. The van der Waals surface area contributed by atoms with E-state index < -0.39 is 58.2 Å². The lowest BCUT2D eigenvalue weighted by atomic mass is 10.1. The molecule has 2 fully saturated rings. The number of pyridine rings is 2. The Kier molecular flexibility index (Phi) is 6.58. The number of carbonyl (C=O) groups excluding carboxylic acids is 1. The highest BCUT2D eigenvalue weighted by Gasteiger charge is 2.50. The molecule has 1 aliphatic carbocycles. The number of hydrogen-bond acceptors (Lipinski definition) is 5. The lowest BCUT2D eigenvalue weighted by molar-refractivity contribution is -0.158. The van der Waals surface area contributed by atoms with Gasteiger partial charge in [-0.1, -0.05) is 0 Å². The van der Waals surface area contributed by atoms with Crippen LogP contribution in [0.25, 0.3) is 16.7 Å². The van der Waals surface area contributed by atoms with Gasteiger partial charge < -0.3 is 15.3 Å². The summed E-state index contributed by atoms with van der Waals surface area (Å²) < 4.78 is 84.6. The van der Waals surface area contributed by atoms with Crippen molar-refractivity contribution in [3.05, 3.63) is 63.7 Å². The summed E-state index contributed by atoms with van der Waals surface area (Å²) in [6.07, 6.45) is -2.17. The first-order chi connectivity index (χ1) is 18.0. The lowest BCUT2D eigenvalue weighted by Crippen LogP contribution is -2.48. The number of aliphatic hydroxyl groups is 1. The van der Waals surface area contributed by atoms with Crippen molar-refractivity contribution < 1.29 is 36.2 Å². The number of nitrogens with one attached hydrogen (secondary N) is 1. The molecule has 3 aromatic rings. The number of aliphatic hydroxyl groups excluding tert-OH is 1. The third-order valence-corrected chi connectivity index (χ3v) is 6.92. The molecule has 2 aromatic heterocycles. The maximum absolute atomic E-state index is 14.9. The fraction of sp³-hybridized carbons (Fsp3) is 0.400. The molecule has 1 aliphatic heterocycles. The van der Waals surface area contributed by atoms with Gasteiger partial charge in [0.2, 0.25) is 5.43 Å². The number of benzene rings is 1. The Hall–Kier alpha value is -3.61. The number of aromatic nitrogens is 2. The van der Waals surface area contributed by atoms with Gasteiger partial charge in [-0.3, -0.25) is 14.2 Å². The zero-order chi connectivity index (χ0) is 27.4. The Morgan fingerprint density at radius 3 is 2.42 bits per heavy atom. The molecule has 0 spiro atoms. The van der Waals surface area contributed by atoms with Crippen molar-refractivity contribution in [2.24, 2.45) is 5.92 Å². The Bertz CT molecular complexity index is 1450. The zero-order valence-corrected chi connectivity index (χ0v) is 19.7. The normalized spacial score (nSPS) is 18.7. The van der Waals surface area contributed by atoms with Gasteiger partial charge in [0.05, 0.1) is 18.0 Å².